The summed E-state index contributed by atoms with van der Waals surface area (Å²) in [4.78, 5) is 35.0. The summed E-state index contributed by atoms with van der Waals surface area (Å²) in [6.45, 7) is 4.20. The van der Waals surface area contributed by atoms with Crippen molar-refractivity contribution in [2.45, 2.75) is 200 Å². The zero-order valence-corrected chi connectivity index (χ0v) is 34.7. The van der Waals surface area contributed by atoms with Gasteiger partial charge in [-0.05, 0) is 71.3 Å². The van der Waals surface area contributed by atoms with Crippen LogP contribution in [0, 0.1) is 0 Å². The first-order chi connectivity index (χ1) is 25.3. The van der Waals surface area contributed by atoms with Crippen LogP contribution in [0.5, 0.6) is 0 Å². The number of phosphoric acid groups is 1. The highest BCUT2D eigenvalue weighted by atomic mass is 31.2. The Morgan fingerprint density at radius 1 is 0.577 bits per heavy atom. The molecule has 0 aliphatic rings. The fourth-order valence-corrected chi connectivity index (χ4v) is 6.53. The van der Waals surface area contributed by atoms with Crippen LogP contribution in [0.25, 0.3) is 0 Å². The summed E-state index contributed by atoms with van der Waals surface area (Å²) < 4.78 is 33.1. The van der Waals surface area contributed by atoms with Crippen LogP contribution in [0.3, 0.4) is 0 Å². The van der Waals surface area contributed by atoms with Crippen LogP contribution in [-0.4, -0.2) is 56.3 Å². The Labute approximate surface area is 319 Å². The molecule has 0 aromatic heterocycles. The number of hydrogen-bond acceptors (Lipinski definition) is 8. The number of esters is 2. The molecule has 0 aromatic carbocycles. The maximum absolute atomic E-state index is 12.6. The third kappa shape index (κ3) is 38.2. The van der Waals surface area contributed by atoms with Crippen molar-refractivity contribution < 1.29 is 37.6 Å². The number of carbonyl (C=O) groups is 2. The zero-order chi connectivity index (χ0) is 38.2. The van der Waals surface area contributed by atoms with Crippen molar-refractivity contribution in [1.82, 2.24) is 5.32 Å². The average Bonchev–Trinajstić information content (AvgIpc) is 3.12. The van der Waals surface area contributed by atoms with Gasteiger partial charge in [0.05, 0.1) is 13.2 Å². The lowest BCUT2D eigenvalue weighted by Gasteiger charge is -2.20. The molecular formula is C42H80NO8P. The van der Waals surface area contributed by atoms with E-state index >= 15 is 0 Å². The van der Waals surface area contributed by atoms with Crippen LogP contribution < -0.4 is 5.32 Å². The van der Waals surface area contributed by atoms with Gasteiger partial charge in [0.25, 0.3) is 0 Å². The molecule has 2 unspecified atom stereocenters. The number of unbranched alkanes of at least 4 members (excludes halogenated alkanes) is 22. The van der Waals surface area contributed by atoms with E-state index in [-0.39, 0.29) is 32.0 Å². The second kappa shape index (κ2) is 39.2. The minimum Gasteiger partial charge on any atom is -0.462 e. The summed E-state index contributed by atoms with van der Waals surface area (Å²) in [6, 6.07) is 0. The number of ether oxygens (including phenoxy) is 2. The van der Waals surface area contributed by atoms with E-state index in [2.05, 4.69) is 43.5 Å². The minimum absolute atomic E-state index is 0.0179. The summed E-state index contributed by atoms with van der Waals surface area (Å²) in [7, 11) is -2.65. The molecule has 0 fully saturated rings. The van der Waals surface area contributed by atoms with Gasteiger partial charge in [-0.15, -0.1) is 0 Å². The van der Waals surface area contributed by atoms with Crippen molar-refractivity contribution in [1.29, 1.82) is 0 Å². The predicted molar refractivity (Wildman–Crippen MR) is 215 cm³/mol. The molecule has 0 aliphatic heterocycles. The van der Waals surface area contributed by atoms with Gasteiger partial charge in [-0.3, -0.25) is 18.6 Å². The fourth-order valence-electron chi connectivity index (χ4n) is 5.78. The monoisotopic (exact) mass is 758 g/mol. The molecule has 9 nitrogen and oxygen atoms in total. The van der Waals surface area contributed by atoms with E-state index in [1.54, 1.807) is 7.05 Å². The van der Waals surface area contributed by atoms with Crippen molar-refractivity contribution in [2.24, 2.45) is 0 Å². The summed E-state index contributed by atoms with van der Waals surface area (Å²) in [5.41, 5.74) is 0. The molecule has 2 atom stereocenters. The molecule has 0 rings (SSSR count). The van der Waals surface area contributed by atoms with Gasteiger partial charge in [-0.25, -0.2) is 4.57 Å². The van der Waals surface area contributed by atoms with Crippen LogP contribution in [0.1, 0.15) is 194 Å². The molecule has 2 N–H and O–H groups in total. The molecule has 0 spiro atoms. The lowest BCUT2D eigenvalue weighted by atomic mass is 10.1. The van der Waals surface area contributed by atoms with Crippen LogP contribution in [-0.2, 0) is 32.7 Å². The lowest BCUT2D eigenvalue weighted by molar-refractivity contribution is -0.161. The van der Waals surface area contributed by atoms with Gasteiger partial charge in [-0.1, -0.05) is 141 Å². The molecule has 52 heavy (non-hydrogen) atoms. The van der Waals surface area contributed by atoms with Gasteiger partial charge < -0.3 is 19.7 Å². The van der Waals surface area contributed by atoms with Gasteiger partial charge in [0, 0.05) is 19.4 Å². The smallest absolute Gasteiger partial charge is 0.462 e. The number of likely N-dealkylation sites (N-methyl/N-ethyl adjacent to an activating group) is 1. The van der Waals surface area contributed by atoms with E-state index < -0.39 is 26.5 Å². The number of allylic oxidation sites excluding steroid dienone is 4. The summed E-state index contributed by atoms with van der Waals surface area (Å²) >= 11 is 0. The van der Waals surface area contributed by atoms with Crippen molar-refractivity contribution >= 4 is 19.8 Å². The topological polar surface area (TPSA) is 120 Å². The fraction of sp³-hybridized carbons (Fsp3) is 0.857. The van der Waals surface area contributed by atoms with Gasteiger partial charge in [0.1, 0.15) is 6.61 Å². The Morgan fingerprint density at radius 2 is 0.981 bits per heavy atom. The second-order valence-corrected chi connectivity index (χ2v) is 15.6. The lowest BCUT2D eigenvalue weighted by Crippen LogP contribution is -2.29. The Balaban J connectivity index is 4.24. The van der Waals surface area contributed by atoms with Gasteiger partial charge in [-0.2, -0.15) is 0 Å². The minimum atomic E-state index is -4.35. The van der Waals surface area contributed by atoms with E-state index in [4.69, 9.17) is 18.5 Å². The highest BCUT2D eigenvalue weighted by Gasteiger charge is 2.26. The van der Waals surface area contributed by atoms with Crippen LogP contribution in [0.15, 0.2) is 24.3 Å². The van der Waals surface area contributed by atoms with Crippen molar-refractivity contribution in [3.05, 3.63) is 24.3 Å². The van der Waals surface area contributed by atoms with Gasteiger partial charge in [0.15, 0.2) is 6.10 Å². The largest absolute Gasteiger partial charge is 0.472 e. The first-order valence-electron chi connectivity index (χ1n) is 21.3. The average molecular weight is 758 g/mol. The van der Waals surface area contributed by atoms with E-state index in [0.717, 1.165) is 64.2 Å². The standard InChI is InChI=1S/C42H80NO8P/c1-4-6-8-10-12-14-16-18-20-22-24-26-28-30-32-34-41(44)48-38-40(39-50-52(46,47)49-37-36-43-3)51-42(45)35-33-31-29-27-25-23-21-19-17-15-13-11-9-7-5-2/h15,17-18,20,40,43H,4-14,16,19,21-39H2,1-3H3,(H,46,47)/b17-15-,20-18-. The van der Waals surface area contributed by atoms with Crippen LogP contribution >= 0.6 is 7.82 Å². The van der Waals surface area contributed by atoms with E-state index in [9.17, 15) is 19.0 Å². The number of rotatable bonds is 40. The SMILES string of the molecule is CCCCCC/C=C\CCCCCCCCCC(=O)OC(COC(=O)CCCCCCC/C=C\CCCCCCCC)COP(=O)(O)OCCNC. The zero-order valence-electron chi connectivity index (χ0n) is 33.8. The molecule has 306 valence electrons. The normalized spacial score (nSPS) is 13.5. The molecular weight excluding hydrogens is 677 g/mol. The summed E-state index contributed by atoms with van der Waals surface area (Å²) in [6.07, 6.45) is 39.3. The van der Waals surface area contributed by atoms with E-state index in [1.807, 2.05) is 0 Å². The van der Waals surface area contributed by atoms with Crippen LogP contribution in [0.2, 0.25) is 0 Å². The molecule has 0 aliphatic carbocycles. The summed E-state index contributed by atoms with van der Waals surface area (Å²) in [5, 5.41) is 2.82. The Hall–Kier alpha value is -1.51. The van der Waals surface area contributed by atoms with E-state index in [1.165, 1.54) is 96.3 Å². The van der Waals surface area contributed by atoms with Gasteiger partial charge >= 0.3 is 19.8 Å². The highest BCUT2D eigenvalue weighted by Crippen LogP contribution is 2.43. The number of phosphoric ester groups is 1. The molecule has 0 saturated carbocycles. The van der Waals surface area contributed by atoms with E-state index in [0.29, 0.717) is 13.0 Å². The molecule has 0 bridgehead atoms. The van der Waals surface area contributed by atoms with Gasteiger partial charge in [0.2, 0.25) is 0 Å². The number of nitrogens with one attached hydrogen (secondary N) is 1. The Bertz CT molecular complexity index is 912. The first kappa shape index (κ1) is 50.5. The predicted octanol–water partition coefficient (Wildman–Crippen LogP) is 11.9. The molecule has 0 amide bonds. The van der Waals surface area contributed by atoms with Crippen molar-refractivity contribution in [2.75, 3.05) is 33.4 Å². The number of hydrogen-bond donors (Lipinski definition) is 2. The van der Waals surface area contributed by atoms with Crippen LogP contribution in [0.4, 0.5) is 0 Å². The number of carbonyl (C=O) groups excluding carboxylic acids is 2. The third-order valence-corrected chi connectivity index (χ3v) is 10.0. The molecule has 10 heteroatoms. The summed E-state index contributed by atoms with van der Waals surface area (Å²) in [5.74, 6) is -0.818. The Kier molecular flexibility index (Phi) is 38.1. The molecule has 0 radical (unpaired) electrons. The maximum Gasteiger partial charge on any atom is 0.472 e. The first-order valence-corrected chi connectivity index (χ1v) is 22.8. The van der Waals surface area contributed by atoms with Crippen molar-refractivity contribution in [3.8, 4) is 0 Å². The van der Waals surface area contributed by atoms with Crippen molar-refractivity contribution in [3.63, 3.8) is 0 Å². The Morgan fingerprint density at radius 3 is 1.44 bits per heavy atom. The second-order valence-electron chi connectivity index (χ2n) is 14.2. The molecule has 0 aromatic rings. The molecule has 0 heterocycles. The highest BCUT2D eigenvalue weighted by molar-refractivity contribution is 7.47. The third-order valence-electron chi connectivity index (χ3n) is 9.04. The quantitative estimate of drug-likeness (QED) is 0.0272. The maximum atomic E-state index is 12.6. The molecule has 0 saturated heterocycles.